The fourth-order valence-corrected chi connectivity index (χ4v) is 2.31. The monoisotopic (exact) mass is 280 g/mol. The van der Waals surface area contributed by atoms with Crippen molar-refractivity contribution >= 4 is 5.97 Å². The molecule has 1 aliphatic rings. The summed E-state index contributed by atoms with van der Waals surface area (Å²) in [5.41, 5.74) is 1.07. The van der Waals surface area contributed by atoms with Gasteiger partial charge in [-0.2, -0.15) is 0 Å². The van der Waals surface area contributed by atoms with Gasteiger partial charge >= 0.3 is 5.97 Å². The number of benzene rings is 1. The van der Waals surface area contributed by atoms with Crippen LogP contribution in [0.3, 0.4) is 0 Å². The molecule has 1 aliphatic heterocycles. The molecule has 0 amide bonds. The second-order valence-electron chi connectivity index (χ2n) is 4.93. The highest BCUT2D eigenvalue weighted by atomic mass is 16.7. The fraction of sp³-hybridized carbons (Fsp3) is 0.533. The van der Waals surface area contributed by atoms with Crippen LogP contribution in [0.1, 0.15) is 18.9 Å². The van der Waals surface area contributed by atoms with Crippen LogP contribution >= 0.6 is 0 Å². The average molecular weight is 280 g/mol. The van der Waals surface area contributed by atoms with E-state index in [0.29, 0.717) is 32.8 Å². The fourth-order valence-electron chi connectivity index (χ4n) is 2.31. The smallest absolute Gasteiger partial charge is 0.312 e. The zero-order valence-corrected chi connectivity index (χ0v) is 11.6. The summed E-state index contributed by atoms with van der Waals surface area (Å²) in [6.45, 7) is 3.38. The van der Waals surface area contributed by atoms with Gasteiger partial charge in [-0.25, -0.2) is 0 Å². The Morgan fingerprint density at radius 1 is 1.35 bits per heavy atom. The summed E-state index contributed by atoms with van der Waals surface area (Å²) in [7, 11) is 0. The van der Waals surface area contributed by atoms with Gasteiger partial charge in [-0.05, 0) is 18.9 Å². The number of rotatable bonds is 7. The Morgan fingerprint density at radius 3 is 2.60 bits per heavy atom. The van der Waals surface area contributed by atoms with Gasteiger partial charge in [0.1, 0.15) is 5.92 Å². The Hall–Kier alpha value is -1.43. The van der Waals surface area contributed by atoms with Gasteiger partial charge < -0.3 is 19.3 Å². The third-order valence-corrected chi connectivity index (χ3v) is 3.45. The molecule has 20 heavy (non-hydrogen) atoms. The first-order valence-corrected chi connectivity index (χ1v) is 6.74. The van der Waals surface area contributed by atoms with E-state index in [4.69, 9.17) is 14.2 Å². The van der Waals surface area contributed by atoms with Crippen molar-refractivity contribution in [3.8, 4) is 0 Å². The molecule has 1 heterocycles. The van der Waals surface area contributed by atoms with Crippen LogP contribution in [0.4, 0.5) is 0 Å². The van der Waals surface area contributed by atoms with Crippen molar-refractivity contribution in [2.75, 3.05) is 19.8 Å². The topological polar surface area (TPSA) is 65.0 Å². The minimum Gasteiger partial charge on any atom is -0.481 e. The predicted molar refractivity (Wildman–Crippen MR) is 72.1 cm³/mol. The summed E-state index contributed by atoms with van der Waals surface area (Å²) in [6, 6.07) is 9.78. The average Bonchev–Trinajstić information content (AvgIpc) is 2.87. The summed E-state index contributed by atoms with van der Waals surface area (Å²) in [4.78, 5) is 11.3. The Bertz CT molecular complexity index is 425. The first-order chi connectivity index (χ1) is 9.62. The lowest BCUT2D eigenvalue weighted by Crippen LogP contribution is -2.41. The highest BCUT2D eigenvalue weighted by molar-refractivity contribution is 5.71. The van der Waals surface area contributed by atoms with Gasteiger partial charge in [0, 0.05) is 6.61 Å². The Labute approximate surface area is 118 Å². The van der Waals surface area contributed by atoms with Gasteiger partial charge in [0.25, 0.3) is 0 Å². The zero-order chi connectivity index (χ0) is 14.4. The molecule has 1 unspecified atom stereocenters. The summed E-state index contributed by atoms with van der Waals surface area (Å²) < 4.78 is 16.4. The highest BCUT2D eigenvalue weighted by Crippen LogP contribution is 2.30. The van der Waals surface area contributed by atoms with Crippen LogP contribution in [-0.2, 0) is 25.6 Å². The standard InChI is InChI=1S/C15H20O5/c1-15(19-9-10-20-15)13(14(16)17)7-8-18-11-12-5-3-2-4-6-12/h2-6,13H,7-11H2,1H3,(H,16,17). The number of hydrogen-bond acceptors (Lipinski definition) is 4. The number of carboxylic acid groups (broad SMARTS) is 1. The van der Waals surface area contributed by atoms with Gasteiger partial charge in [0.2, 0.25) is 0 Å². The van der Waals surface area contributed by atoms with Crippen molar-refractivity contribution in [1.29, 1.82) is 0 Å². The summed E-state index contributed by atoms with van der Waals surface area (Å²) >= 11 is 0. The molecule has 0 radical (unpaired) electrons. The van der Waals surface area contributed by atoms with E-state index in [1.807, 2.05) is 30.3 Å². The molecule has 1 N–H and O–H groups in total. The quantitative estimate of drug-likeness (QED) is 0.774. The molecule has 5 nitrogen and oxygen atoms in total. The number of ether oxygens (including phenoxy) is 3. The summed E-state index contributed by atoms with van der Waals surface area (Å²) in [5.74, 6) is -2.68. The van der Waals surface area contributed by atoms with Crippen LogP contribution in [0, 0.1) is 5.92 Å². The molecule has 1 fully saturated rings. The number of carboxylic acids is 1. The first-order valence-electron chi connectivity index (χ1n) is 6.74. The molecule has 0 saturated carbocycles. The van der Waals surface area contributed by atoms with E-state index < -0.39 is 17.7 Å². The van der Waals surface area contributed by atoms with E-state index in [1.54, 1.807) is 6.92 Å². The van der Waals surface area contributed by atoms with Gasteiger partial charge in [0.15, 0.2) is 5.79 Å². The van der Waals surface area contributed by atoms with Gasteiger partial charge in [-0.1, -0.05) is 30.3 Å². The highest BCUT2D eigenvalue weighted by Gasteiger charge is 2.44. The first kappa shape index (κ1) is 15.0. The molecule has 1 aromatic carbocycles. The minimum atomic E-state index is -1.04. The Kier molecular flexibility index (Phi) is 5.11. The third-order valence-electron chi connectivity index (χ3n) is 3.45. The zero-order valence-electron chi connectivity index (χ0n) is 11.6. The SMILES string of the molecule is CC1(C(CCOCc2ccccc2)C(=O)O)OCCO1. The van der Waals surface area contributed by atoms with E-state index in [2.05, 4.69) is 0 Å². The lowest BCUT2D eigenvalue weighted by molar-refractivity contribution is -0.199. The number of aliphatic carboxylic acids is 1. The maximum absolute atomic E-state index is 11.3. The number of carbonyl (C=O) groups is 1. The van der Waals surface area contributed by atoms with E-state index >= 15 is 0 Å². The largest absolute Gasteiger partial charge is 0.481 e. The minimum absolute atomic E-state index is 0.355. The van der Waals surface area contributed by atoms with Crippen LogP contribution in [0.5, 0.6) is 0 Å². The van der Waals surface area contributed by atoms with Crippen LogP contribution in [0.15, 0.2) is 30.3 Å². The van der Waals surface area contributed by atoms with Gasteiger partial charge in [-0.15, -0.1) is 0 Å². The van der Waals surface area contributed by atoms with E-state index in [-0.39, 0.29) is 0 Å². The normalized spacial score (nSPS) is 18.9. The molecule has 2 rings (SSSR count). The molecule has 1 saturated heterocycles. The van der Waals surface area contributed by atoms with Crippen LogP contribution in [0.2, 0.25) is 0 Å². The van der Waals surface area contributed by atoms with Crippen molar-refractivity contribution in [3.05, 3.63) is 35.9 Å². The lowest BCUT2D eigenvalue weighted by atomic mass is 9.97. The van der Waals surface area contributed by atoms with Crippen LogP contribution < -0.4 is 0 Å². The molecule has 110 valence electrons. The van der Waals surface area contributed by atoms with Crippen LogP contribution in [0.25, 0.3) is 0 Å². The van der Waals surface area contributed by atoms with Crippen molar-refractivity contribution in [1.82, 2.24) is 0 Å². The Balaban J connectivity index is 1.80. The molecule has 0 aliphatic carbocycles. The Morgan fingerprint density at radius 2 is 2.00 bits per heavy atom. The molecule has 1 atom stereocenters. The maximum atomic E-state index is 11.3. The summed E-state index contributed by atoms with van der Waals surface area (Å²) in [6.07, 6.45) is 0.360. The molecule has 0 spiro atoms. The molecule has 0 aromatic heterocycles. The van der Waals surface area contributed by atoms with E-state index in [0.717, 1.165) is 5.56 Å². The second kappa shape index (κ2) is 6.83. The van der Waals surface area contributed by atoms with E-state index in [9.17, 15) is 9.90 Å². The van der Waals surface area contributed by atoms with Crippen molar-refractivity contribution in [2.45, 2.75) is 25.7 Å². The van der Waals surface area contributed by atoms with Crippen LogP contribution in [-0.4, -0.2) is 36.7 Å². The molecular formula is C15H20O5. The van der Waals surface area contributed by atoms with Gasteiger partial charge in [-0.3, -0.25) is 4.79 Å². The molecular weight excluding hydrogens is 260 g/mol. The predicted octanol–water partition coefficient (Wildman–Crippen LogP) is 2.06. The van der Waals surface area contributed by atoms with Gasteiger partial charge in [0.05, 0.1) is 19.8 Å². The summed E-state index contributed by atoms with van der Waals surface area (Å²) in [5, 5.41) is 9.30. The molecule has 0 bridgehead atoms. The molecule has 5 heteroatoms. The van der Waals surface area contributed by atoms with Crippen molar-refractivity contribution < 1.29 is 24.1 Å². The number of hydrogen-bond donors (Lipinski definition) is 1. The van der Waals surface area contributed by atoms with E-state index in [1.165, 1.54) is 0 Å². The van der Waals surface area contributed by atoms with Crippen molar-refractivity contribution in [2.24, 2.45) is 5.92 Å². The second-order valence-corrected chi connectivity index (χ2v) is 4.93. The lowest BCUT2D eigenvalue weighted by Gasteiger charge is -2.29. The molecule has 1 aromatic rings. The maximum Gasteiger partial charge on any atom is 0.312 e. The third kappa shape index (κ3) is 3.79. The van der Waals surface area contributed by atoms with Crippen molar-refractivity contribution in [3.63, 3.8) is 0 Å².